The monoisotopic (exact) mass is 516 g/mol. The average molecular weight is 517 g/mol. The van der Waals surface area contributed by atoms with Crippen LogP contribution < -0.4 is 5.32 Å². The molecule has 2 heterocycles. The molecule has 0 aliphatic heterocycles. The van der Waals surface area contributed by atoms with Crippen LogP contribution in [0, 0.1) is 0 Å². The van der Waals surface area contributed by atoms with E-state index in [1.165, 1.54) is 49.1 Å². The van der Waals surface area contributed by atoms with E-state index in [1.54, 1.807) is 11.3 Å². The van der Waals surface area contributed by atoms with E-state index in [0.717, 1.165) is 37.2 Å². The predicted octanol–water partition coefficient (Wildman–Crippen LogP) is 4.67. The third-order valence-corrected chi connectivity index (χ3v) is 6.93. The van der Waals surface area contributed by atoms with Crippen molar-refractivity contribution in [1.82, 2.24) is 14.8 Å². The van der Waals surface area contributed by atoms with Crippen molar-refractivity contribution in [2.45, 2.75) is 44.8 Å². The van der Waals surface area contributed by atoms with Crippen molar-refractivity contribution in [2.75, 3.05) is 25.3 Å². The van der Waals surface area contributed by atoms with E-state index in [-0.39, 0.29) is 28.5 Å². The van der Waals surface area contributed by atoms with Crippen molar-refractivity contribution in [3.8, 4) is 11.4 Å². The number of methoxy groups -OCH3 is 2. The minimum absolute atomic E-state index is 0.0720. The topological polar surface area (TPSA) is 112 Å². The van der Waals surface area contributed by atoms with Crippen molar-refractivity contribution in [2.24, 2.45) is 0 Å². The molecule has 3 aromatic rings. The molecule has 2 aromatic heterocycles. The van der Waals surface area contributed by atoms with Gasteiger partial charge in [-0.3, -0.25) is 4.79 Å². The Morgan fingerprint density at radius 3 is 2.29 bits per heavy atom. The van der Waals surface area contributed by atoms with Crippen LogP contribution in [0.15, 0.2) is 34.8 Å². The quantitative estimate of drug-likeness (QED) is 0.289. The molecule has 3 rings (SSSR count). The van der Waals surface area contributed by atoms with Gasteiger partial charge in [-0.2, -0.15) is 0 Å². The first-order valence-corrected chi connectivity index (χ1v) is 13.0. The van der Waals surface area contributed by atoms with Crippen LogP contribution in [-0.2, 0) is 27.2 Å². The molecule has 0 radical (unpaired) electrons. The number of nitrogens with zero attached hydrogens (tertiary/aromatic N) is 3. The number of thiophene rings is 1. The SMILES string of the molecule is CCCc1cc(-c2nnc(SCC(=O)Nc3cc(C(=O)OC)cc(C(=O)OC)c3)n2CCC)cs1. The molecule has 0 saturated carbocycles. The second-order valence-corrected chi connectivity index (χ2v) is 9.57. The molecule has 0 aliphatic carbocycles. The molecule has 0 spiro atoms. The second kappa shape index (κ2) is 12.5. The van der Waals surface area contributed by atoms with Crippen molar-refractivity contribution in [1.29, 1.82) is 0 Å². The number of ether oxygens (including phenoxy) is 2. The van der Waals surface area contributed by atoms with Crippen molar-refractivity contribution in [3.05, 3.63) is 45.6 Å². The predicted molar refractivity (Wildman–Crippen MR) is 136 cm³/mol. The normalized spacial score (nSPS) is 10.7. The van der Waals surface area contributed by atoms with E-state index in [1.807, 2.05) is 4.57 Å². The molecule has 0 bridgehead atoms. The smallest absolute Gasteiger partial charge is 0.337 e. The summed E-state index contributed by atoms with van der Waals surface area (Å²) in [5, 5.41) is 14.2. The number of thioether (sulfide) groups is 1. The van der Waals surface area contributed by atoms with Crippen LogP contribution >= 0.6 is 23.1 Å². The number of carbonyl (C=O) groups excluding carboxylic acids is 3. The lowest BCUT2D eigenvalue weighted by molar-refractivity contribution is -0.113. The zero-order valence-electron chi connectivity index (χ0n) is 20.1. The number of aryl methyl sites for hydroxylation is 1. The Hall–Kier alpha value is -3.18. The highest BCUT2D eigenvalue weighted by Crippen LogP contribution is 2.29. The standard InChI is InChI=1S/C24H28N4O5S2/c1-5-7-19-12-17(13-34-19)21-26-27-24(28(21)8-6-2)35-14-20(29)25-18-10-15(22(30)32-3)9-16(11-18)23(31)33-4/h9-13H,5-8,14H2,1-4H3,(H,25,29). The third-order valence-electron chi connectivity index (χ3n) is 4.96. The zero-order valence-corrected chi connectivity index (χ0v) is 21.8. The largest absolute Gasteiger partial charge is 0.465 e. The second-order valence-electron chi connectivity index (χ2n) is 7.63. The minimum Gasteiger partial charge on any atom is -0.465 e. The average Bonchev–Trinajstić information content (AvgIpc) is 3.48. The summed E-state index contributed by atoms with van der Waals surface area (Å²) < 4.78 is 11.5. The van der Waals surface area contributed by atoms with E-state index >= 15 is 0 Å². The number of nitrogens with one attached hydrogen (secondary N) is 1. The molecule has 1 N–H and O–H groups in total. The number of carbonyl (C=O) groups is 3. The summed E-state index contributed by atoms with van der Waals surface area (Å²) in [5.41, 5.74) is 1.58. The first-order chi connectivity index (χ1) is 16.9. The minimum atomic E-state index is -0.628. The van der Waals surface area contributed by atoms with Gasteiger partial charge in [-0.25, -0.2) is 9.59 Å². The molecule has 0 aliphatic rings. The van der Waals surface area contributed by atoms with Crippen molar-refractivity contribution >= 4 is 46.6 Å². The Balaban J connectivity index is 1.74. The molecule has 9 nitrogen and oxygen atoms in total. The van der Waals surface area contributed by atoms with Crippen LogP contribution in [0.1, 0.15) is 52.3 Å². The van der Waals surface area contributed by atoms with E-state index < -0.39 is 11.9 Å². The molecule has 186 valence electrons. The van der Waals surface area contributed by atoms with E-state index in [2.05, 4.69) is 40.8 Å². The van der Waals surface area contributed by atoms with E-state index in [9.17, 15) is 14.4 Å². The summed E-state index contributed by atoms with van der Waals surface area (Å²) >= 11 is 2.99. The highest BCUT2D eigenvalue weighted by atomic mass is 32.2. The lowest BCUT2D eigenvalue weighted by atomic mass is 10.1. The van der Waals surface area contributed by atoms with Crippen LogP contribution in [0.3, 0.4) is 0 Å². The van der Waals surface area contributed by atoms with Gasteiger partial charge in [0.25, 0.3) is 0 Å². The van der Waals surface area contributed by atoms with Gasteiger partial charge in [0.05, 0.1) is 31.1 Å². The summed E-state index contributed by atoms with van der Waals surface area (Å²) in [5.74, 6) is -0.710. The fraction of sp³-hybridized carbons (Fsp3) is 0.375. The van der Waals surface area contributed by atoms with Gasteiger partial charge in [0.1, 0.15) is 0 Å². The fourth-order valence-corrected chi connectivity index (χ4v) is 5.14. The van der Waals surface area contributed by atoms with Gasteiger partial charge >= 0.3 is 11.9 Å². The van der Waals surface area contributed by atoms with Gasteiger partial charge in [0.15, 0.2) is 11.0 Å². The summed E-state index contributed by atoms with van der Waals surface area (Å²) in [4.78, 5) is 37.9. The van der Waals surface area contributed by atoms with Gasteiger partial charge < -0.3 is 19.4 Å². The first kappa shape index (κ1) is 26.4. The molecule has 11 heteroatoms. The number of rotatable bonds is 11. The summed E-state index contributed by atoms with van der Waals surface area (Å²) in [7, 11) is 2.48. The third kappa shape index (κ3) is 6.70. The summed E-state index contributed by atoms with van der Waals surface area (Å²) in [6.07, 6.45) is 3.01. The van der Waals surface area contributed by atoms with Gasteiger partial charge in [0.2, 0.25) is 5.91 Å². The molecule has 0 fully saturated rings. The lowest BCUT2D eigenvalue weighted by Gasteiger charge is -2.10. The van der Waals surface area contributed by atoms with Gasteiger partial charge in [-0.05, 0) is 37.1 Å². The highest BCUT2D eigenvalue weighted by Gasteiger charge is 2.18. The molecule has 0 saturated heterocycles. The van der Waals surface area contributed by atoms with Crippen LogP contribution in [0.2, 0.25) is 0 Å². The number of hydrogen-bond donors (Lipinski definition) is 1. The Kier molecular flexibility index (Phi) is 9.44. The maximum Gasteiger partial charge on any atom is 0.337 e. The Bertz CT molecular complexity index is 1170. The molecule has 1 aromatic carbocycles. The van der Waals surface area contributed by atoms with Crippen LogP contribution in [0.25, 0.3) is 11.4 Å². The molecule has 0 unspecified atom stereocenters. The first-order valence-electron chi connectivity index (χ1n) is 11.1. The number of aromatic nitrogens is 3. The lowest BCUT2D eigenvalue weighted by Crippen LogP contribution is -2.16. The number of esters is 2. The number of benzene rings is 1. The molecule has 35 heavy (non-hydrogen) atoms. The van der Waals surface area contributed by atoms with Gasteiger partial charge in [-0.15, -0.1) is 21.5 Å². The van der Waals surface area contributed by atoms with E-state index in [4.69, 9.17) is 9.47 Å². The highest BCUT2D eigenvalue weighted by molar-refractivity contribution is 7.99. The maximum atomic E-state index is 12.7. The maximum absolute atomic E-state index is 12.7. The summed E-state index contributed by atoms with van der Waals surface area (Å²) in [6.45, 7) is 4.96. The van der Waals surface area contributed by atoms with Crippen molar-refractivity contribution in [3.63, 3.8) is 0 Å². The summed E-state index contributed by atoms with van der Waals surface area (Å²) in [6, 6.07) is 6.40. The molecular weight excluding hydrogens is 488 g/mol. The van der Waals surface area contributed by atoms with Gasteiger partial charge in [-0.1, -0.05) is 32.0 Å². The Labute approximate surface area is 212 Å². The number of anilines is 1. The van der Waals surface area contributed by atoms with Crippen molar-refractivity contribution < 1.29 is 23.9 Å². The Morgan fingerprint density at radius 1 is 1.00 bits per heavy atom. The van der Waals surface area contributed by atoms with Crippen LogP contribution in [0.5, 0.6) is 0 Å². The van der Waals surface area contributed by atoms with E-state index in [0.29, 0.717) is 5.16 Å². The Morgan fingerprint density at radius 2 is 1.69 bits per heavy atom. The van der Waals surface area contributed by atoms with Gasteiger partial charge in [0, 0.05) is 28.1 Å². The number of amides is 1. The number of hydrogen-bond acceptors (Lipinski definition) is 9. The molecule has 0 atom stereocenters. The zero-order chi connectivity index (χ0) is 25.4. The van der Waals surface area contributed by atoms with Crippen LogP contribution in [0.4, 0.5) is 5.69 Å². The van der Waals surface area contributed by atoms with Crippen LogP contribution in [-0.4, -0.2) is 52.6 Å². The molecule has 1 amide bonds. The fourth-order valence-electron chi connectivity index (χ4n) is 3.41. The molecular formula is C24H28N4O5S2.